The largest absolute Gasteiger partial charge is 0.463 e. The zero-order valence-corrected chi connectivity index (χ0v) is 44.8. The zero-order valence-electron chi connectivity index (χ0n) is 44.8. The topological polar surface area (TPSA) is 281 Å². The molecule has 0 aliphatic carbocycles. The second-order valence-corrected chi connectivity index (χ2v) is 18.5. The van der Waals surface area contributed by atoms with Gasteiger partial charge in [-0.3, -0.25) is 28.8 Å². The third kappa shape index (κ3) is 22.2. The molecule has 22 nitrogen and oxygen atoms in total. The van der Waals surface area contributed by atoms with Crippen molar-refractivity contribution in [3.63, 3.8) is 0 Å². The molecular weight excluding hydrogens is 989 g/mol. The van der Waals surface area contributed by atoms with Crippen molar-refractivity contribution in [1.82, 2.24) is 0 Å². The highest BCUT2D eigenvalue weighted by molar-refractivity contribution is 5.88. The summed E-state index contributed by atoms with van der Waals surface area (Å²) in [5.74, 6) is -7.12. The minimum absolute atomic E-state index is 0.0197. The van der Waals surface area contributed by atoms with Crippen LogP contribution in [-0.4, -0.2) is 145 Å². The van der Waals surface area contributed by atoms with E-state index in [1.807, 2.05) is 0 Å². The molecule has 2 aliphatic heterocycles. The Morgan fingerprint density at radius 1 is 0.493 bits per heavy atom. The molecule has 0 amide bonds. The highest BCUT2D eigenvalue weighted by Gasteiger charge is 2.55. The van der Waals surface area contributed by atoms with Crippen molar-refractivity contribution in [3.8, 4) is 0 Å². The molecule has 75 heavy (non-hydrogen) atoms. The van der Waals surface area contributed by atoms with Crippen molar-refractivity contribution in [2.75, 3.05) is 13.2 Å². The van der Waals surface area contributed by atoms with E-state index >= 15 is 0 Å². The van der Waals surface area contributed by atoms with Crippen LogP contribution in [0.25, 0.3) is 0 Å². The monoisotopic (exact) mass is 1060 g/mol. The van der Waals surface area contributed by atoms with Gasteiger partial charge in [0.05, 0.1) is 30.1 Å². The van der Waals surface area contributed by atoms with Gasteiger partial charge in [0.1, 0.15) is 30.9 Å². The number of hydrogen-bond acceptors (Lipinski definition) is 22. The number of ketones is 2. The summed E-state index contributed by atoms with van der Waals surface area (Å²) in [7, 11) is 0. The van der Waals surface area contributed by atoms with Gasteiger partial charge < -0.3 is 66.4 Å². The third-order valence-electron chi connectivity index (χ3n) is 11.6. The maximum Gasteiger partial charge on any atom is 0.333 e. The van der Waals surface area contributed by atoms with Crippen molar-refractivity contribution < 1.29 is 105 Å². The van der Waals surface area contributed by atoms with E-state index in [-0.39, 0.29) is 75.1 Å². The molecule has 0 aromatic rings. The van der Waals surface area contributed by atoms with E-state index in [0.29, 0.717) is 5.57 Å². The van der Waals surface area contributed by atoms with Gasteiger partial charge in [0, 0.05) is 51.7 Å². The highest BCUT2D eigenvalue weighted by atomic mass is 16.8. The Kier molecular flexibility index (Phi) is 26.7. The molecule has 0 aromatic heterocycles. The van der Waals surface area contributed by atoms with E-state index < -0.39 is 127 Å². The molecule has 0 saturated carbocycles. The molecule has 0 bridgehead atoms. The maximum atomic E-state index is 14.0. The standard InChI is InChI=1S/C53H74O22/c1-15-28-64-48(62)30(4)20-18-26-52(13,16-2)74-50-47(72-41(61)25-23-33(7)55)44(71-40(60)24-22-32(6)54)42(34(8)66-50)73-49(63)31(5)21-19-27-53(14,17-3)75-51-46(69-38(12)59)45(68-37(11)58)43(67-36(10)57)39(70-51)29-65-35(9)56/h15-17,20-21,34,39,42-47,50-51H,1-3,18-19,22-29H2,4-14H3/b30-20+,31-21+/t34-,39-,42-,43-,44+,45+,46-,47-,50+,51+,52+,53+/m1/s1. The first-order chi connectivity index (χ1) is 35.1. The van der Waals surface area contributed by atoms with Gasteiger partial charge >= 0.3 is 47.8 Å². The Labute approximate surface area is 437 Å². The Morgan fingerprint density at radius 3 is 1.37 bits per heavy atom. The van der Waals surface area contributed by atoms with Gasteiger partial charge in [-0.25, -0.2) is 9.59 Å². The Hall–Kier alpha value is -6.36. The van der Waals surface area contributed by atoms with Crippen molar-refractivity contribution in [1.29, 1.82) is 0 Å². The Bertz CT molecular complexity index is 2160. The number of rotatable bonds is 30. The van der Waals surface area contributed by atoms with Crippen molar-refractivity contribution >= 4 is 59.3 Å². The zero-order chi connectivity index (χ0) is 56.8. The molecule has 418 valence electrons. The van der Waals surface area contributed by atoms with E-state index in [0.717, 1.165) is 27.7 Å². The average Bonchev–Trinajstić information content (AvgIpc) is 3.32. The molecule has 0 unspecified atom stereocenters. The number of esters is 8. The molecule has 2 saturated heterocycles. The summed E-state index contributed by atoms with van der Waals surface area (Å²) < 4.78 is 69.7. The third-order valence-corrected chi connectivity index (χ3v) is 11.6. The summed E-state index contributed by atoms with van der Waals surface area (Å²) >= 11 is 0. The first-order valence-corrected chi connectivity index (χ1v) is 24.4. The first kappa shape index (κ1) is 64.8. The highest BCUT2D eigenvalue weighted by Crippen LogP contribution is 2.36. The van der Waals surface area contributed by atoms with E-state index in [4.69, 9.17) is 56.8 Å². The van der Waals surface area contributed by atoms with Crippen LogP contribution in [0, 0.1) is 0 Å². The lowest BCUT2D eigenvalue weighted by Gasteiger charge is -2.46. The van der Waals surface area contributed by atoms with Crippen LogP contribution >= 0.6 is 0 Å². The van der Waals surface area contributed by atoms with E-state index in [2.05, 4.69) is 19.7 Å². The number of hydrogen-bond donors (Lipinski definition) is 0. The predicted octanol–water partition coefficient (Wildman–Crippen LogP) is 5.39. The minimum Gasteiger partial charge on any atom is -0.463 e. The van der Waals surface area contributed by atoms with Gasteiger partial charge in [-0.05, 0) is 74.1 Å². The molecule has 0 aromatic carbocycles. The lowest BCUT2D eigenvalue weighted by atomic mass is 9.95. The average molecular weight is 1060 g/mol. The summed E-state index contributed by atoms with van der Waals surface area (Å²) in [6, 6.07) is 0. The van der Waals surface area contributed by atoms with Crippen LogP contribution in [0.5, 0.6) is 0 Å². The van der Waals surface area contributed by atoms with Crippen LogP contribution in [0.15, 0.2) is 61.3 Å². The van der Waals surface area contributed by atoms with Gasteiger partial charge in [-0.15, -0.1) is 13.2 Å². The summed E-state index contributed by atoms with van der Waals surface area (Å²) in [5.41, 5.74) is -2.26. The molecule has 0 spiro atoms. The number of carbonyl (C=O) groups excluding carboxylic acids is 10. The number of carbonyl (C=O) groups is 10. The fourth-order valence-electron chi connectivity index (χ4n) is 7.48. The first-order valence-electron chi connectivity index (χ1n) is 24.4. The predicted molar refractivity (Wildman–Crippen MR) is 262 cm³/mol. The molecule has 12 atom stereocenters. The second-order valence-electron chi connectivity index (χ2n) is 18.5. The van der Waals surface area contributed by atoms with Gasteiger partial charge in [0.2, 0.25) is 0 Å². The Morgan fingerprint density at radius 2 is 0.920 bits per heavy atom. The van der Waals surface area contributed by atoms with Gasteiger partial charge in [-0.2, -0.15) is 0 Å². The molecule has 2 aliphatic rings. The molecule has 2 fully saturated rings. The Balaban J connectivity index is 2.53. The van der Waals surface area contributed by atoms with Crippen LogP contribution in [0.1, 0.15) is 128 Å². The lowest BCUT2D eigenvalue weighted by molar-refractivity contribution is -0.324. The van der Waals surface area contributed by atoms with Gasteiger partial charge in [0.15, 0.2) is 49.2 Å². The van der Waals surface area contributed by atoms with Crippen LogP contribution in [0.3, 0.4) is 0 Å². The van der Waals surface area contributed by atoms with E-state index in [1.54, 1.807) is 26.8 Å². The fraction of sp³-hybridized carbons (Fsp3) is 0.623. The molecule has 22 heteroatoms. The molecule has 2 heterocycles. The molecule has 0 N–H and O–H groups in total. The summed E-state index contributed by atoms with van der Waals surface area (Å²) in [6.07, 6.45) is -7.74. The number of Topliss-reactive ketones (excluding diaryl/α,β-unsaturated/α-hetero) is 2. The maximum absolute atomic E-state index is 14.0. The van der Waals surface area contributed by atoms with Gasteiger partial charge in [0.25, 0.3) is 0 Å². The van der Waals surface area contributed by atoms with Crippen LogP contribution in [-0.2, 0) is 105 Å². The number of allylic oxidation sites excluding steroid dienone is 2. The summed E-state index contributed by atoms with van der Waals surface area (Å²) in [4.78, 5) is 126. The van der Waals surface area contributed by atoms with Crippen molar-refractivity contribution in [2.24, 2.45) is 0 Å². The van der Waals surface area contributed by atoms with Crippen LogP contribution in [0.4, 0.5) is 0 Å². The lowest BCUT2D eigenvalue weighted by Crippen LogP contribution is -2.63. The van der Waals surface area contributed by atoms with Crippen molar-refractivity contribution in [2.45, 2.75) is 200 Å². The minimum atomic E-state index is -1.63. The quantitative estimate of drug-likeness (QED) is 0.0377. The normalized spacial score (nSPS) is 25.3. The van der Waals surface area contributed by atoms with Crippen LogP contribution in [0.2, 0.25) is 0 Å². The molecule has 2 rings (SSSR count). The smallest absolute Gasteiger partial charge is 0.333 e. The summed E-state index contributed by atoms with van der Waals surface area (Å²) in [6.45, 7) is 25.6. The number of ether oxygens (including phenoxy) is 12. The van der Waals surface area contributed by atoms with Crippen LogP contribution < -0.4 is 0 Å². The van der Waals surface area contributed by atoms with E-state index in [1.165, 1.54) is 52.0 Å². The van der Waals surface area contributed by atoms with Gasteiger partial charge in [-0.1, -0.05) is 37.0 Å². The summed E-state index contributed by atoms with van der Waals surface area (Å²) in [5, 5.41) is 0. The second kappa shape index (κ2) is 30.9. The van der Waals surface area contributed by atoms with Crippen molar-refractivity contribution in [3.05, 3.63) is 61.3 Å². The fourth-order valence-corrected chi connectivity index (χ4v) is 7.48. The SMILES string of the molecule is C=CCOC(=O)/C(C)=C/CC[C@](C)(C=C)O[C@@H]1O[C@H](C)[C@@H](OC(=O)/C(C)=C/CC[C@](C)(C=C)O[C@@H]2O[C@H](COC(C)=O)[C@@H](OC(C)=O)[C@H](OC(C)=O)[C@H]2OC(C)=O)[C@H](OC(=O)CCC(C)=O)[C@H]1OC(=O)CCC(C)=O. The molecular formula is C53H74O22. The molecule has 0 radical (unpaired) electrons. The van der Waals surface area contributed by atoms with E-state index in [9.17, 15) is 47.9 Å².